The van der Waals surface area contributed by atoms with Crippen molar-refractivity contribution in [2.75, 3.05) is 6.54 Å². The van der Waals surface area contributed by atoms with Crippen LogP contribution in [-0.4, -0.2) is 12.5 Å². The van der Waals surface area contributed by atoms with E-state index in [1.165, 1.54) is 44.2 Å². The number of carbonyl (C=O) groups excluding carboxylic acids is 1. The van der Waals surface area contributed by atoms with Crippen molar-refractivity contribution in [3.8, 4) is 0 Å². The Kier molecular flexibility index (Phi) is 6.21. The fraction of sp³-hybridized carbons (Fsp3) is 0.611. The maximum atomic E-state index is 12.9. The van der Waals surface area contributed by atoms with Gasteiger partial charge < -0.3 is 5.32 Å². The van der Waals surface area contributed by atoms with E-state index in [1.807, 2.05) is 0 Å². The van der Waals surface area contributed by atoms with Crippen molar-refractivity contribution in [2.45, 2.75) is 57.8 Å². The fourth-order valence-electron chi connectivity index (χ4n) is 3.08. The number of rotatable bonds is 6. The molecule has 0 spiro atoms. The molecule has 1 saturated carbocycles. The quantitative estimate of drug-likeness (QED) is 0.826. The van der Waals surface area contributed by atoms with E-state index in [1.54, 1.807) is 12.1 Å². The largest absolute Gasteiger partial charge is 0.356 e. The average Bonchev–Trinajstić information content (AvgIpc) is 2.52. The van der Waals surface area contributed by atoms with Gasteiger partial charge in [-0.25, -0.2) is 4.39 Å². The molecule has 2 nitrogen and oxygen atoms in total. The molecule has 1 atom stereocenters. The topological polar surface area (TPSA) is 29.1 Å². The molecule has 0 aromatic heterocycles. The van der Waals surface area contributed by atoms with Crippen LogP contribution in [0, 0.1) is 11.7 Å². The third-order valence-electron chi connectivity index (χ3n) is 4.55. The zero-order valence-corrected chi connectivity index (χ0v) is 12.9. The standard InChI is InChI=1S/C18H26FNO/c1-14(16-8-10-17(19)11-9-16)13-20-18(21)12-7-15-5-3-2-4-6-15/h8-11,14-15H,2-7,12-13H2,1H3,(H,20,21). The molecule has 0 radical (unpaired) electrons. The minimum absolute atomic E-state index is 0.148. The molecule has 1 amide bonds. The maximum absolute atomic E-state index is 12.9. The second-order valence-corrected chi connectivity index (χ2v) is 6.30. The summed E-state index contributed by atoms with van der Waals surface area (Å²) in [7, 11) is 0. The lowest BCUT2D eigenvalue weighted by Crippen LogP contribution is -2.27. The lowest BCUT2D eigenvalue weighted by atomic mass is 9.86. The molecule has 1 fully saturated rings. The predicted octanol–water partition coefficient (Wildman–Crippen LogP) is 4.41. The molecule has 0 saturated heterocycles. The summed E-state index contributed by atoms with van der Waals surface area (Å²) in [6.07, 6.45) is 8.26. The van der Waals surface area contributed by atoms with Gasteiger partial charge in [0.15, 0.2) is 0 Å². The first-order chi connectivity index (χ1) is 10.1. The van der Waals surface area contributed by atoms with E-state index in [2.05, 4.69) is 12.2 Å². The van der Waals surface area contributed by atoms with Gasteiger partial charge in [0.25, 0.3) is 0 Å². The molecule has 0 aliphatic heterocycles. The molecular formula is C18H26FNO. The van der Waals surface area contributed by atoms with Gasteiger partial charge in [0.05, 0.1) is 0 Å². The first-order valence-electron chi connectivity index (χ1n) is 8.17. The summed E-state index contributed by atoms with van der Waals surface area (Å²) < 4.78 is 12.9. The van der Waals surface area contributed by atoms with Crippen LogP contribution in [0.3, 0.4) is 0 Å². The monoisotopic (exact) mass is 291 g/mol. The summed E-state index contributed by atoms with van der Waals surface area (Å²) in [5, 5.41) is 3.00. The van der Waals surface area contributed by atoms with Crippen LogP contribution in [0.15, 0.2) is 24.3 Å². The number of nitrogens with one attached hydrogen (secondary N) is 1. The number of benzene rings is 1. The number of halogens is 1. The van der Waals surface area contributed by atoms with Crippen LogP contribution in [-0.2, 0) is 4.79 Å². The van der Waals surface area contributed by atoms with Crippen molar-refractivity contribution in [3.63, 3.8) is 0 Å². The minimum Gasteiger partial charge on any atom is -0.356 e. The smallest absolute Gasteiger partial charge is 0.220 e. The minimum atomic E-state index is -0.220. The van der Waals surface area contributed by atoms with Gasteiger partial charge in [0.2, 0.25) is 5.91 Å². The van der Waals surface area contributed by atoms with Gasteiger partial charge in [-0.3, -0.25) is 4.79 Å². The van der Waals surface area contributed by atoms with Crippen LogP contribution in [0.1, 0.15) is 63.4 Å². The van der Waals surface area contributed by atoms with E-state index in [0.29, 0.717) is 13.0 Å². The summed E-state index contributed by atoms with van der Waals surface area (Å²) in [6, 6.07) is 6.51. The van der Waals surface area contributed by atoms with Crippen LogP contribution in [0.5, 0.6) is 0 Å². The molecule has 1 aliphatic rings. The highest BCUT2D eigenvalue weighted by atomic mass is 19.1. The Labute approximate surface area is 127 Å². The van der Waals surface area contributed by atoms with Crippen molar-refractivity contribution in [2.24, 2.45) is 5.92 Å². The summed E-state index contributed by atoms with van der Waals surface area (Å²) in [5.74, 6) is 0.889. The molecule has 1 N–H and O–H groups in total. The highest BCUT2D eigenvalue weighted by Gasteiger charge is 2.15. The molecule has 1 aromatic carbocycles. The van der Waals surface area contributed by atoms with Gasteiger partial charge in [-0.05, 0) is 36.0 Å². The van der Waals surface area contributed by atoms with Crippen LogP contribution in [0.25, 0.3) is 0 Å². The molecule has 1 unspecified atom stereocenters. The van der Waals surface area contributed by atoms with E-state index in [9.17, 15) is 9.18 Å². The molecule has 3 heteroatoms. The highest BCUT2D eigenvalue weighted by Crippen LogP contribution is 2.27. The third kappa shape index (κ3) is 5.49. The van der Waals surface area contributed by atoms with Gasteiger partial charge in [-0.2, -0.15) is 0 Å². The number of carbonyl (C=O) groups is 1. The first kappa shape index (κ1) is 16.0. The zero-order chi connectivity index (χ0) is 15.1. The van der Waals surface area contributed by atoms with Gasteiger partial charge in [0, 0.05) is 13.0 Å². The number of amides is 1. The molecule has 0 heterocycles. The maximum Gasteiger partial charge on any atom is 0.220 e. The Morgan fingerprint density at radius 2 is 1.90 bits per heavy atom. The molecular weight excluding hydrogens is 265 g/mol. The van der Waals surface area contributed by atoms with E-state index in [-0.39, 0.29) is 17.6 Å². The van der Waals surface area contributed by atoms with Crippen LogP contribution < -0.4 is 5.32 Å². The Bertz CT molecular complexity index is 437. The summed E-state index contributed by atoms with van der Waals surface area (Å²) >= 11 is 0. The van der Waals surface area contributed by atoms with Gasteiger partial charge in [0.1, 0.15) is 5.82 Å². The van der Waals surface area contributed by atoms with Crippen molar-refractivity contribution >= 4 is 5.91 Å². The van der Waals surface area contributed by atoms with Gasteiger partial charge >= 0.3 is 0 Å². The van der Waals surface area contributed by atoms with Crippen LogP contribution in [0.4, 0.5) is 4.39 Å². The number of hydrogen-bond donors (Lipinski definition) is 1. The number of hydrogen-bond acceptors (Lipinski definition) is 1. The zero-order valence-electron chi connectivity index (χ0n) is 12.9. The van der Waals surface area contributed by atoms with E-state index in [0.717, 1.165) is 17.9 Å². The normalized spacial score (nSPS) is 17.4. The third-order valence-corrected chi connectivity index (χ3v) is 4.55. The molecule has 116 valence electrons. The fourth-order valence-corrected chi connectivity index (χ4v) is 3.08. The van der Waals surface area contributed by atoms with Crippen LogP contribution in [0.2, 0.25) is 0 Å². The van der Waals surface area contributed by atoms with Gasteiger partial charge in [-0.1, -0.05) is 51.2 Å². The van der Waals surface area contributed by atoms with Crippen LogP contribution >= 0.6 is 0 Å². The van der Waals surface area contributed by atoms with E-state index in [4.69, 9.17) is 0 Å². The average molecular weight is 291 g/mol. The second kappa shape index (κ2) is 8.16. The first-order valence-corrected chi connectivity index (χ1v) is 8.17. The molecule has 1 aromatic rings. The molecule has 21 heavy (non-hydrogen) atoms. The molecule has 0 bridgehead atoms. The highest BCUT2D eigenvalue weighted by molar-refractivity contribution is 5.75. The van der Waals surface area contributed by atoms with E-state index < -0.39 is 0 Å². The Morgan fingerprint density at radius 3 is 2.57 bits per heavy atom. The van der Waals surface area contributed by atoms with E-state index >= 15 is 0 Å². The lowest BCUT2D eigenvalue weighted by Gasteiger charge is -2.21. The molecule has 1 aliphatic carbocycles. The molecule has 2 rings (SSSR count). The Hall–Kier alpha value is -1.38. The van der Waals surface area contributed by atoms with Crippen molar-refractivity contribution in [1.29, 1.82) is 0 Å². The summed E-state index contributed by atoms with van der Waals surface area (Å²) in [4.78, 5) is 11.9. The second-order valence-electron chi connectivity index (χ2n) is 6.30. The van der Waals surface area contributed by atoms with Crippen molar-refractivity contribution in [3.05, 3.63) is 35.6 Å². The van der Waals surface area contributed by atoms with Crippen molar-refractivity contribution in [1.82, 2.24) is 5.32 Å². The SMILES string of the molecule is CC(CNC(=O)CCC1CCCCC1)c1ccc(F)cc1. The van der Waals surface area contributed by atoms with Crippen molar-refractivity contribution < 1.29 is 9.18 Å². The Morgan fingerprint density at radius 1 is 1.24 bits per heavy atom. The predicted molar refractivity (Wildman–Crippen MR) is 83.6 cm³/mol. The van der Waals surface area contributed by atoms with Gasteiger partial charge in [-0.15, -0.1) is 0 Å². The summed E-state index contributed by atoms with van der Waals surface area (Å²) in [5.41, 5.74) is 1.06. The lowest BCUT2D eigenvalue weighted by molar-refractivity contribution is -0.121. The Balaban J connectivity index is 1.67. The summed E-state index contributed by atoms with van der Waals surface area (Å²) in [6.45, 7) is 2.67.